The summed E-state index contributed by atoms with van der Waals surface area (Å²) in [4.78, 5) is 4.50. The molecule has 2 aromatic rings. The first-order valence-electron chi connectivity index (χ1n) is 4.43. The predicted octanol–water partition coefficient (Wildman–Crippen LogP) is 1.23. The van der Waals surface area contributed by atoms with Crippen LogP contribution in [0.1, 0.15) is 11.4 Å². The van der Waals surface area contributed by atoms with Gasteiger partial charge in [0.05, 0.1) is 16.6 Å². The van der Waals surface area contributed by atoms with Crippen LogP contribution in [0.15, 0.2) is 6.07 Å². The summed E-state index contributed by atoms with van der Waals surface area (Å²) in [6, 6.07) is 2.03. The van der Waals surface area contributed by atoms with E-state index in [4.69, 9.17) is 0 Å². The number of hydrogen-bond acceptors (Lipinski definition) is 3. The minimum atomic E-state index is 0.934. The van der Waals surface area contributed by atoms with E-state index in [1.807, 2.05) is 13.0 Å². The number of nitrogens with zero attached hydrogens (tertiary/aromatic N) is 2. The van der Waals surface area contributed by atoms with E-state index < -0.39 is 0 Å². The summed E-state index contributed by atoms with van der Waals surface area (Å²) in [5.41, 5.74) is 3.31. The highest BCUT2D eigenvalue weighted by Gasteiger charge is 2.15. The summed E-state index contributed by atoms with van der Waals surface area (Å²) in [5.74, 6) is 0.948. The Kier molecular flexibility index (Phi) is 1.17. The van der Waals surface area contributed by atoms with Crippen molar-refractivity contribution < 1.29 is 0 Å². The summed E-state index contributed by atoms with van der Waals surface area (Å²) >= 11 is 0. The van der Waals surface area contributed by atoms with Crippen LogP contribution in [0.3, 0.4) is 0 Å². The van der Waals surface area contributed by atoms with Crippen molar-refractivity contribution in [2.24, 2.45) is 0 Å². The van der Waals surface area contributed by atoms with Crippen molar-refractivity contribution in [3.63, 3.8) is 0 Å². The number of aromatic amines is 1. The van der Waals surface area contributed by atoms with Crippen molar-refractivity contribution in [3.05, 3.63) is 17.5 Å². The van der Waals surface area contributed by atoms with E-state index in [1.165, 1.54) is 0 Å². The Balaban J connectivity index is 2.47. The molecule has 0 atom stereocenters. The third-order valence-corrected chi connectivity index (χ3v) is 2.40. The first-order valence-corrected chi connectivity index (χ1v) is 4.43. The molecule has 1 aliphatic rings. The molecule has 2 N–H and O–H groups in total. The first-order chi connectivity index (χ1) is 6.34. The molecule has 0 aliphatic carbocycles. The average Bonchev–Trinajstić information content (AvgIpc) is 2.50. The second-order valence-electron chi connectivity index (χ2n) is 3.38. The van der Waals surface area contributed by atoms with Crippen molar-refractivity contribution in [2.75, 3.05) is 11.9 Å². The number of hydrogen-bond donors (Lipinski definition) is 2. The molecule has 0 fully saturated rings. The molecule has 0 amide bonds. The Morgan fingerprint density at radius 3 is 3.31 bits per heavy atom. The van der Waals surface area contributed by atoms with E-state index in [2.05, 4.69) is 20.5 Å². The van der Waals surface area contributed by atoms with Crippen LogP contribution in [-0.2, 0) is 6.42 Å². The topological polar surface area (TPSA) is 53.6 Å². The second kappa shape index (κ2) is 2.22. The molecule has 4 nitrogen and oxygen atoms in total. The number of pyridine rings is 1. The van der Waals surface area contributed by atoms with Gasteiger partial charge in [-0.2, -0.15) is 5.10 Å². The molecule has 3 rings (SSSR count). The van der Waals surface area contributed by atoms with Gasteiger partial charge < -0.3 is 5.32 Å². The summed E-state index contributed by atoms with van der Waals surface area (Å²) in [7, 11) is 0. The molecule has 0 spiro atoms. The Hall–Kier alpha value is -1.58. The molecule has 0 aromatic carbocycles. The maximum absolute atomic E-state index is 4.50. The van der Waals surface area contributed by atoms with Gasteiger partial charge in [-0.3, -0.25) is 10.1 Å². The zero-order valence-electron chi connectivity index (χ0n) is 7.39. The fourth-order valence-corrected chi connectivity index (χ4v) is 1.87. The SMILES string of the molecule is Cc1cc2[nH]nc3c2c(n1)CCN3. The Morgan fingerprint density at radius 2 is 2.38 bits per heavy atom. The van der Waals surface area contributed by atoms with Crippen LogP contribution in [0.2, 0.25) is 0 Å². The monoisotopic (exact) mass is 174 g/mol. The molecule has 1 aliphatic heterocycles. The smallest absolute Gasteiger partial charge is 0.157 e. The lowest BCUT2D eigenvalue weighted by Crippen LogP contribution is -2.12. The Morgan fingerprint density at radius 1 is 1.46 bits per heavy atom. The van der Waals surface area contributed by atoms with Gasteiger partial charge in [-0.1, -0.05) is 0 Å². The van der Waals surface area contributed by atoms with E-state index in [0.29, 0.717) is 0 Å². The van der Waals surface area contributed by atoms with Crippen LogP contribution in [0, 0.1) is 6.92 Å². The third-order valence-electron chi connectivity index (χ3n) is 2.40. The van der Waals surface area contributed by atoms with Gasteiger partial charge in [0.1, 0.15) is 0 Å². The molecule has 4 heteroatoms. The van der Waals surface area contributed by atoms with Crippen molar-refractivity contribution in [2.45, 2.75) is 13.3 Å². The molecule has 3 heterocycles. The van der Waals surface area contributed by atoms with Gasteiger partial charge in [0.2, 0.25) is 0 Å². The molecule has 0 saturated carbocycles. The second-order valence-corrected chi connectivity index (χ2v) is 3.38. The summed E-state index contributed by atoms with van der Waals surface area (Å²) in [5, 5.41) is 11.6. The normalized spacial score (nSPS) is 14.5. The summed E-state index contributed by atoms with van der Waals surface area (Å²) in [6.07, 6.45) is 0.991. The van der Waals surface area contributed by atoms with Gasteiger partial charge in [0.25, 0.3) is 0 Å². The van der Waals surface area contributed by atoms with Crippen molar-refractivity contribution in [1.29, 1.82) is 0 Å². The Bertz CT molecular complexity index is 472. The molecule has 0 bridgehead atoms. The third kappa shape index (κ3) is 0.854. The minimum Gasteiger partial charge on any atom is -0.368 e. The molecule has 66 valence electrons. The lowest BCUT2D eigenvalue weighted by atomic mass is 10.1. The average molecular weight is 174 g/mol. The van der Waals surface area contributed by atoms with E-state index >= 15 is 0 Å². The molecular formula is C9H10N4. The number of rotatable bonds is 0. The van der Waals surface area contributed by atoms with Gasteiger partial charge in [0, 0.05) is 18.7 Å². The summed E-state index contributed by atoms with van der Waals surface area (Å²) in [6.45, 7) is 2.95. The highest BCUT2D eigenvalue weighted by Crippen LogP contribution is 2.27. The standard InChI is InChI=1S/C9H10N4/c1-5-4-7-8-6(11-5)2-3-10-9(8)13-12-7/h4H,2-3H2,1H3,(H2,10,12,13). The number of anilines is 1. The minimum absolute atomic E-state index is 0.934. The van der Waals surface area contributed by atoms with Gasteiger partial charge in [0.15, 0.2) is 5.82 Å². The quantitative estimate of drug-likeness (QED) is 0.631. The van der Waals surface area contributed by atoms with E-state index in [0.717, 1.165) is 41.1 Å². The number of aryl methyl sites for hydroxylation is 1. The van der Waals surface area contributed by atoms with E-state index in [-0.39, 0.29) is 0 Å². The van der Waals surface area contributed by atoms with Crippen LogP contribution in [-0.4, -0.2) is 21.7 Å². The zero-order valence-corrected chi connectivity index (χ0v) is 7.39. The zero-order chi connectivity index (χ0) is 8.84. The van der Waals surface area contributed by atoms with Gasteiger partial charge in [-0.15, -0.1) is 0 Å². The molecule has 0 radical (unpaired) electrons. The summed E-state index contributed by atoms with van der Waals surface area (Å²) < 4.78 is 0. The molecule has 0 saturated heterocycles. The highest BCUT2D eigenvalue weighted by atomic mass is 15.2. The lowest BCUT2D eigenvalue weighted by Gasteiger charge is -2.12. The number of aromatic nitrogens is 3. The van der Waals surface area contributed by atoms with Gasteiger partial charge in [-0.25, -0.2) is 0 Å². The van der Waals surface area contributed by atoms with E-state index in [1.54, 1.807) is 0 Å². The van der Waals surface area contributed by atoms with Crippen LogP contribution < -0.4 is 5.32 Å². The van der Waals surface area contributed by atoms with Crippen molar-refractivity contribution in [1.82, 2.24) is 15.2 Å². The highest BCUT2D eigenvalue weighted by molar-refractivity contribution is 5.92. The molecule has 13 heavy (non-hydrogen) atoms. The van der Waals surface area contributed by atoms with Crippen LogP contribution in [0.4, 0.5) is 5.82 Å². The van der Waals surface area contributed by atoms with Crippen LogP contribution in [0.5, 0.6) is 0 Å². The van der Waals surface area contributed by atoms with Crippen LogP contribution in [0.25, 0.3) is 10.9 Å². The van der Waals surface area contributed by atoms with Gasteiger partial charge >= 0.3 is 0 Å². The van der Waals surface area contributed by atoms with Crippen molar-refractivity contribution in [3.8, 4) is 0 Å². The van der Waals surface area contributed by atoms with Gasteiger partial charge in [-0.05, 0) is 13.0 Å². The maximum Gasteiger partial charge on any atom is 0.157 e. The first kappa shape index (κ1) is 6.88. The van der Waals surface area contributed by atoms with E-state index in [9.17, 15) is 0 Å². The molecular weight excluding hydrogens is 164 g/mol. The predicted molar refractivity (Wildman–Crippen MR) is 50.8 cm³/mol. The molecule has 0 unspecified atom stereocenters. The number of H-pyrrole nitrogens is 1. The van der Waals surface area contributed by atoms with Crippen LogP contribution >= 0.6 is 0 Å². The maximum atomic E-state index is 4.50. The fraction of sp³-hybridized carbons (Fsp3) is 0.333. The molecule has 2 aromatic heterocycles. The Labute approximate surface area is 75.4 Å². The largest absolute Gasteiger partial charge is 0.368 e. The number of nitrogens with one attached hydrogen (secondary N) is 2. The van der Waals surface area contributed by atoms with Crippen molar-refractivity contribution >= 4 is 16.7 Å². The lowest BCUT2D eigenvalue weighted by molar-refractivity contribution is 0.937. The fourth-order valence-electron chi connectivity index (χ4n) is 1.87.